The van der Waals surface area contributed by atoms with E-state index in [1.807, 2.05) is 38.1 Å². The van der Waals surface area contributed by atoms with Crippen LogP contribution < -0.4 is 5.32 Å². The van der Waals surface area contributed by atoms with Gasteiger partial charge in [-0.3, -0.25) is 9.59 Å². The second-order valence-corrected chi connectivity index (χ2v) is 7.65. The lowest BCUT2D eigenvalue weighted by Gasteiger charge is -2.29. The molecule has 0 spiro atoms. The van der Waals surface area contributed by atoms with Crippen molar-refractivity contribution in [1.82, 2.24) is 10.2 Å². The summed E-state index contributed by atoms with van der Waals surface area (Å²) in [5.74, 6) is -0.293. The average Bonchev–Trinajstić information content (AvgIpc) is 2.67. The highest BCUT2D eigenvalue weighted by Crippen LogP contribution is 2.23. The SMILES string of the molecule is CCCNC(=O)[C@H](C)N(Cc1ccccc1C)C(=O)Cc1ccc(Cl)c(Cl)c1. The van der Waals surface area contributed by atoms with E-state index in [1.165, 1.54) is 0 Å². The predicted molar refractivity (Wildman–Crippen MR) is 115 cm³/mol. The zero-order chi connectivity index (χ0) is 20.7. The van der Waals surface area contributed by atoms with Crippen LogP contribution in [0.25, 0.3) is 0 Å². The number of hydrogen-bond donors (Lipinski definition) is 1. The molecule has 0 radical (unpaired) electrons. The number of rotatable bonds is 8. The predicted octanol–water partition coefficient (Wildman–Crippen LogP) is 4.79. The number of nitrogens with zero attached hydrogens (tertiary/aromatic N) is 1. The van der Waals surface area contributed by atoms with Crippen LogP contribution in [0.5, 0.6) is 0 Å². The smallest absolute Gasteiger partial charge is 0.242 e. The molecule has 0 aromatic heterocycles. The van der Waals surface area contributed by atoms with Crippen LogP contribution >= 0.6 is 23.2 Å². The van der Waals surface area contributed by atoms with E-state index in [2.05, 4.69) is 5.32 Å². The van der Waals surface area contributed by atoms with Gasteiger partial charge >= 0.3 is 0 Å². The van der Waals surface area contributed by atoms with Gasteiger partial charge in [-0.25, -0.2) is 0 Å². The number of carbonyl (C=O) groups excluding carboxylic acids is 2. The summed E-state index contributed by atoms with van der Waals surface area (Å²) in [5.41, 5.74) is 2.85. The molecule has 28 heavy (non-hydrogen) atoms. The monoisotopic (exact) mass is 420 g/mol. The van der Waals surface area contributed by atoms with Crippen molar-refractivity contribution in [3.8, 4) is 0 Å². The minimum Gasteiger partial charge on any atom is -0.354 e. The molecule has 6 heteroatoms. The normalized spacial score (nSPS) is 11.8. The summed E-state index contributed by atoms with van der Waals surface area (Å²) in [5, 5.41) is 3.73. The van der Waals surface area contributed by atoms with E-state index in [9.17, 15) is 9.59 Å². The van der Waals surface area contributed by atoms with Crippen LogP contribution in [0.15, 0.2) is 42.5 Å². The quantitative estimate of drug-likeness (QED) is 0.667. The van der Waals surface area contributed by atoms with Gasteiger partial charge in [-0.2, -0.15) is 0 Å². The molecule has 2 rings (SSSR count). The van der Waals surface area contributed by atoms with Crippen LogP contribution in [-0.2, 0) is 22.6 Å². The lowest BCUT2D eigenvalue weighted by Crippen LogP contribution is -2.48. The third-order valence-corrected chi connectivity index (χ3v) is 5.40. The first kappa shape index (κ1) is 22.3. The van der Waals surface area contributed by atoms with E-state index in [1.54, 1.807) is 30.0 Å². The van der Waals surface area contributed by atoms with E-state index in [-0.39, 0.29) is 18.2 Å². The Hall–Kier alpha value is -2.04. The molecule has 0 saturated carbocycles. The molecule has 1 atom stereocenters. The Morgan fingerprint density at radius 3 is 2.46 bits per heavy atom. The number of aryl methyl sites for hydroxylation is 1. The Balaban J connectivity index is 2.25. The number of halogens is 2. The maximum atomic E-state index is 13.1. The van der Waals surface area contributed by atoms with Crippen LogP contribution in [0, 0.1) is 6.92 Å². The fourth-order valence-corrected chi connectivity index (χ4v) is 3.20. The van der Waals surface area contributed by atoms with Crippen molar-refractivity contribution >= 4 is 35.0 Å². The van der Waals surface area contributed by atoms with Crippen LogP contribution in [0.2, 0.25) is 10.0 Å². The molecule has 2 aromatic rings. The topological polar surface area (TPSA) is 49.4 Å². The molecule has 0 aliphatic heterocycles. The molecular weight excluding hydrogens is 395 g/mol. The van der Waals surface area contributed by atoms with Gasteiger partial charge < -0.3 is 10.2 Å². The lowest BCUT2D eigenvalue weighted by atomic mass is 10.1. The molecule has 2 amide bonds. The number of hydrogen-bond acceptors (Lipinski definition) is 2. The number of carbonyl (C=O) groups is 2. The summed E-state index contributed by atoms with van der Waals surface area (Å²) >= 11 is 12.0. The molecule has 0 unspecified atom stereocenters. The molecule has 0 heterocycles. The van der Waals surface area contributed by atoms with Crippen molar-refractivity contribution in [2.75, 3.05) is 6.54 Å². The highest BCUT2D eigenvalue weighted by Gasteiger charge is 2.26. The third-order valence-electron chi connectivity index (χ3n) is 4.66. The minimum atomic E-state index is -0.582. The Kier molecular flexibility index (Phi) is 8.34. The first-order chi connectivity index (χ1) is 13.3. The molecule has 0 fully saturated rings. The highest BCUT2D eigenvalue weighted by molar-refractivity contribution is 6.42. The Morgan fingerprint density at radius 2 is 1.82 bits per heavy atom. The fourth-order valence-electron chi connectivity index (χ4n) is 2.88. The van der Waals surface area contributed by atoms with Gasteiger partial charge in [0.05, 0.1) is 16.5 Å². The Morgan fingerprint density at radius 1 is 1.11 bits per heavy atom. The van der Waals surface area contributed by atoms with Gasteiger partial charge in [-0.05, 0) is 49.1 Å². The first-order valence-corrected chi connectivity index (χ1v) is 10.1. The van der Waals surface area contributed by atoms with Crippen molar-refractivity contribution in [3.63, 3.8) is 0 Å². The van der Waals surface area contributed by atoms with Crippen molar-refractivity contribution in [3.05, 3.63) is 69.2 Å². The maximum absolute atomic E-state index is 13.1. The van der Waals surface area contributed by atoms with Crippen molar-refractivity contribution in [2.24, 2.45) is 0 Å². The summed E-state index contributed by atoms with van der Waals surface area (Å²) in [6, 6.07) is 12.4. The van der Waals surface area contributed by atoms with Crippen LogP contribution in [-0.4, -0.2) is 29.3 Å². The first-order valence-electron chi connectivity index (χ1n) is 9.39. The molecule has 150 valence electrons. The van der Waals surface area contributed by atoms with Gasteiger partial charge in [0.1, 0.15) is 6.04 Å². The fraction of sp³-hybridized carbons (Fsp3) is 0.364. The largest absolute Gasteiger partial charge is 0.354 e. The number of nitrogens with one attached hydrogen (secondary N) is 1. The molecule has 4 nitrogen and oxygen atoms in total. The second-order valence-electron chi connectivity index (χ2n) is 6.84. The van der Waals surface area contributed by atoms with E-state index in [4.69, 9.17) is 23.2 Å². The zero-order valence-electron chi connectivity index (χ0n) is 16.5. The Labute approximate surface area is 176 Å². The molecule has 0 bridgehead atoms. The van der Waals surface area contributed by atoms with E-state index in [0.29, 0.717) is 23.1 Å². The molecule has 1 N–H and O–H groups in total. The van der Waals surface area contributed by atoms with Gasteiger partial charge in [0.2, 0.25) is 11.8 Å². The number of benzene rings is 2. The van der Waals surface area contributed by atoms with Crippen LogP contribution in [0.1, 0.15) is 37.0 Å². The molecule has 0 aliphatic carbocycles. The van der Waals surface area contributed by atoms with E-state index < -0.39 is 6.04 Å². The lowest BCUT2D eigenvalue weighted by molar-refractivity contribution is -0.140. The molecule has 2 aromatic carbocycles. The van der Waals surface area contributed by atoms with Gasteiger partial charge in [-0.15, -0.1) is 0 Å². The molecular formula is C22H26Cl2N2O2. The molecule has 0 saturated heterocycles. The van der Waals surface area contributed by atoms with Crippen LogP contribution in [0.4, 0.5) is 0 Å². The van der Waals surface area contributed by atoms with Gasteiger partial charge in [0, 0.05) is 13.1 Å². The molecule has 0 aliphatic rings. The van der Waals surface area contributed by atoms with Crippen molar-refractivity contribution in [2.45, 2.75) is 46.2 Å². The summed E-state index contributed by atoms with van der Waals surface area (Å²) < 4.78 is 0. The Bertz CT molecular complexity index is 839. The highest BCUT2D eigenvalue weighted by atomic mass is 35.5. The second kappa shape index (κ2) is 10.5. The standard InChI is InChI=1S/C22H26Cl2N2O2/c1-4-11-25-22(28)16(3)26(14-18-8-6-5-7-15(18)2)21(27)13-17-9-10-19(23)20(24)12-17/h5-10,12,16H,4,11,13-14H2,1-3H3,(H,25,28)/t16-/m0/s1. The zero-order valence-corrected chi connectivity index (χ0v) is 18.0. The van der Waals surface area contributed by atoms with Gasteiger partial charge in [0.15, 0.2) is 0 Å². The summed E-state index contributed by atoms with van der Waals surface area (Å²) in [6.45, 7) is 6.70. The maximum Gasteiger partial charge on any atom is 0.242 e. The summed E-state index contributed by atoms with van der Waals surface area (Å²) in [4.78, 5) is 27.3. The summed E-state index contributed by atoms with van der Waals surface area (Å²) in [7, 11) is 0. The van der Waals surface area contributed by atoms with Gasteiger partial charge in [0.25, 0.3) is 0 Å². The van der Waals surface area contributed by atoms with Gasteiger partial charge in [-0.1, -0.05) is 60.5 Å². The third kappa shape index (κ3) is 5.98. The van der Waals surface area contributed by atoms with E-state index in [0.717, 1.165) is 23.1 Å². The summed E-state index contributed by atoms with van der Waals surface area (Å²) in [6.07, 6.45) is 0.988. The van der Waals surface area contributed by atoms with Crippen LogP contribution in [0.3, 0.4) is 0 Å². The van der Waals surface area contributed by atoms with Crippen molar-refractivity contribution in [1.29, 1.82) is 0 Å². The average molecular weight is 421 g/mol. The minimum absolute atomic E-state index is 0.138. The van der Waals surface area contributed by atoms with Crippen molar-refractivity contribution < 1.29 is 9.59 Å². The number of amides is 2. The van der Waals surface area contributed by atoms with E-state index >= 15 is 0 Å².